The molecule has 4 nitrogen and oxygen atoms in total. The maximum absolute atomic E-state index is 12.9. The third-order valence-corrected chi connectivity index (χ3v) is 4.83. The second kappa shape index (κ2) is 7.76. The van der Waals surface area contributed by atoms with E-state index < -0.39 is 11.7 Å². The number of likely N-dealkylation sites (tertiary alicyclic amines) is 1. The molecule has 0 aliphatic carbocycles. The number of piperidine rings is 1. The van der Waals surface area contributed by atoms with Gasteiger partial charge in [0.05, 0.1) is 28.2 Å². The summed E-state index contributed by atoms with van der Waals surface area (Å²) in [5.74, 6) is 0.330. The molecule has 27 heavy (non-hydrogen) atoms. The number of carbonyl (C=O) groups is 1. The number of nitrogens with one attached hydrogen (secondary N) is 1. The van der Waals surface area contributed by atoms with E-state index in [-0.39, 0.29) is 16.6 Å². The van der Waals surface area contributed by atoms with Crippen LogP contribution in [0.15, 0.2) is 36.5 Å². The highest BCUT2D eigenvalue weighted by molar-refractivity contribution is 6.33. The van der Waals surface area contributed by atoms with Crippen molar-refractivity contribution in [1.29, 1.82) is 0 Å². The minimum absolute atomic E-state index is 0.122. The molecule has 0 radical (unpaired) electrons. The summed E-state index contributed by atoms with van der Waals surface area (Å²) in [4.78, 5) is 18.5. The van der Waals surface area contributed by atoms with Gasteiger partial charge in [-0.1, -0.05) is 18.5 Å². The molecule has 144 valence electrons. The maximum Gasteiger partial charge on any atom is 0.416 e. The Morgan fingerprint density at radius 2 is 2.07 bits per heavy atom. The standard InChI is InChI=1S/C19H19ClF3N3O/c1-12-3-2-8-26(11-12)18(27)16-7-5-14(10-24-16)25-17-9-13(19(21,22)23)4-6-15(17)20/h4-7,9-10,12,25H,2-3,8,11H2,1H3. The summed E-state index contributed by atoms with van der Waals surface area (Å²) in [6, 6.07) is 6.22. The van der Waals surface area contributed by atoms with E-state index in [9.17, 15) is 18.0 Å². The number of hydrogen-bond donors (Lipinski definition) is 1. The number of pyridine rings is 1. The van der Waals surface area contributed by atoms with Gasteiger partial charge in [-0.3, -0.25) is 4.79 Å². The summed E-state index contributed by atoms with van der Waals surface area (Å²) in [7, 11) is 0. The van der Waals surface area contributed by atoms with E-state index in [0.717, 1.165) is 25.0 Å². The van der Waals surface area contributed by atoms with Crippen molar-refractivity contribution >= 4 is 28.9 Å². The zero-order chi connectivity index (χ0) is 19.6. The van der Waals surface area contributed by atoms with Gasteiger partial charge in [-0.25, -0.2) is 4.98 Å². The van der Waals surface area contributed by atoms with E-state index in [1.54, 1.807) is 17.0 Å². The van der Waals surface area contributed by atoms with Gasteiger partial charge >= 0.3 is 6.18 Å². The van der Waals surface area contributed by atoms with E-state index in [0.29, 0.717) is 30.4 Å². The minimum Gasteiger partial charge on any atom is -0.353 e. The van der Waals surface area contributed by atoms with Crippen LogP contribution in [0.4, 0.5) is 24.5 Å². The van der Waals surface area contributed by atoms with Gasteiger partial charge in [-0.05, 0) is 49.1 Å². The van der Waals surface area contributed by atoms with Crippen LogP contribution in [-0.2, 0) is 6.18 Å². The SMILES string of the molecule is CC1CCCN(C(=O)c2ccc(Nc3cc(C(F)(F)F)ccc3Cl)cn2)C1. The highest BCUT2D eigenvalue weighted by Gasteiger charge is 2.31. The molecule has 2 aromatic rings. The van der Waals surface area contributed by atoms with Gasteiger partial charge < -0.3 is 10.2 Å². The van der Waals surface area contributed by atoms with Crippen LogP contribution in [-0.4, -0.2) is 28.9 Å². The summed E-state index contributed by atoms with van der Waals surface area (Å²) < 4.78 is 38.6. The molecule has 1 amide bonds. The minimum atomic E-state index is -4.46. The van der Waals surface area contributed by atoms with Crippen molar-refractivity contribution < 1.29 is 18.0 Å². The molecule has 1 N–H and O–H groups in total. The van der Waals surface area contributed by atoms with Crippen LogP contribution in [0.5, 0.6) is 0 Å². The Morgan fingerprint density at radius 3 is 2.70 bits per heavy atom. The Kier molecular flexibility index (Phi) is 5.60. The van der Waals surface area contributed by atoms with Crippen LogP contribution >= 0.6 is 11.6 Å². The van der Waals surface area contributed by atoms with Crippen LogP contribution < -0.4 is 5.32 Å². The van der Waals surface area contributed by atoms with Crippen molar-refractivity contribution in [3.8, 4) is 0 Å². The number of rotatable bonds is 3. The number of anilines is 2. The van der Waals surface area contributed by atoms with E-state index in [1.165, 1.54) is 12.3 Å². The third kappa shape index (κ3) is 4.71. The van der Waals surface area contributed by atoms with Gasteiger partial charge in [0.15, 0.2) is 0 Å². The summed E-state index contributed by atoms with van der Waals surface area (Å²) in [6.07, 6.45) is -0.962. The van der Waals surface area contributed by atoms with Crippen molar-refractivity contribution in [2.45, 2.75) is 25.9 Å². The van der Waals surface area contributed by atoms with Crippen LogP contribution in [0.3, 0.4) is 0 Å². The van der Waals surface area contributed by atoms with E-state index >= 15 is 0 Å². The summed E-state index contributed by atoms with van der Waals surface area (Å²) >= 11 is 5.98. The molecule has 1 aromatic carbocycles. The second-order valence-electron chi connectivity index (χ2n) is 6.75. The molecule has 1 aliphatic heterocycles. The maximum atomic E-state index is 12.9. The topological polar surface area (TPSA) is 45.2 Å². The lowest BCUT2D eigenvalue weighted by Gasteiger charge is -2.30. The van der Waals surface area contributed by atoms with Gasteiger partial charge in [0.2, 0.25) is 0 Å². The largest absolute Gasteiger partial charge is 0.416 e. The van der Waals surface area contributed by atoms with E-state index in [1.807, 2.05) is 0 Å². The fourth-order valence-electron chi connectivity index (χ4n) is 3.08. The average molecular weight is 398 g/mol. The molecule has 1 aliphatic rings. The Hall–Kier alpha value is -2.28. The highest BCUT2D eigenvalue weighted by Crippen LogP contribution is 2.34. The fourth-order valence-corrected chi connectivity index (χ4v) is 3.25. The van der Waals surface area contributed by atoms with Crippen LogP contribution in [0.25, 0.3) is 0 Å². The van der Waals surface area contributed by atoms with Crippen LogP contribution in [0, 0.1) is 5.92 Å². The number of halogens is 4. The molecule has 1 aromatic heterocycles. The predicted octanol–water partition coefficient (Wildman–Crippen LogP) is 5.37. The summed E-state index contributed by atoms with van der Waals surface area (Å²) in [5.41, 5.74) is 0.0789. The summed E-state index contributed by atoms with van der Waals surface area (Å²) in [6.45, 7) is 3.53. The van der Waals surface area contributed by atoms with E-state index in [2.05, 4.69) is 17.2 Å². The van der Waals surface area contributed by atoms with Gasteiger partial charge in [0.1, 0.15) is 5.69 Å². The monoisotopic (exact) mass is 397 g/mol. The zero-order valence-corrected chi connectivity index (χ0v) is 15.4. The summed E-state index contributed by atoms with van der Waals surface area (Å²) in [5, 5.41) is 2.98. The first-order valence-electron chi connectivity index (χ1n) is 8.63. The quantitative estimate of drug-likeness (QED) is 0.757. The Bertz CT molecular complexity index is 824. The number of amides is 1. The lowest BCUT2D eigenvalue weighted by atomic mass is 10.00. The first-order chi connectivity index (χ1) is 12.7. The number of hydrogen-bond acceptors (Lipinski definition) is 3. The number of carbonyl (C=O) groups excluding carboxylic acids is 1. The van der Waals surface area contributed by atoms with E-state index in [4.69, 9.17) is 11.6 Å². The van der Waals surface area contributed by atoms with Crippen molar-refractivity contribution in [3.05, 3.63) is 52.8 Å². The molecule has 0 spiro atoms. The number of benzene rings is 1. The first-order valence-corrected chi connectivity index (χ1v) is 9.01. The molecule has 1 saturated heterocycles. The van der Waals surface area contributed by atoms with Gasteiger partial charge in [-0.2, -0.15) is 13.2 Å². The van der Waals surface area contributed by atoms with Gasteiger partial charge in [0, 0.05) is 13.1 Å². The molecule has 3 rings (SSSR count). The number of aromatic nitrogens is 1. The van der Waals surface area contributed by atoms with Crippen LogP contribution in [0.1, 0.15) is 35.8 Å². The smallest absolute Gasteiger partial charge is 0.353 e. The van der Waals surface area contributed by atoms with Crippen LogP contribution in [0.2, 0.25) is 5.02 Å². The Labute approximate surface area is 160 Å². The Morgan fingerprint density at radius 1 is 1.30 bits per heavy atom. The number of alkyl halides is 3. The van der Waals surface area contributed by atoms with Crippen molar-refractivity contribution in [2.24, 2.45) is 5.92 Å². The molecule has 2 heterocycles. The average Bonchev–Trinajstić information content (AvgIpc) is 2.62. The van der Waals surface area contributed by atoms with Gasteiger partial charge in [0.25, 0.3) is 5.91 Å². The molecular weight excluding hydrogens is 379 g/mol. The van der Waals surface area contributed by atoms with Gasteiger partial charge in [-0.15, -0.1) is 0 Å². The molecular formula is C19H19ClF3N3O. The first kappa shape index (κ1) is 19.5. The van der Waals surface area contributed by atoms with Crippen molar-refractivity contribution in [1.82, 2.24) is 9.88 Å². The fraction of sp³-hybridized carbons (Fsp3) is 0.368. The molecule has 1 atom stereocenters. The number of nitrogens with zero attached hydrogens (tertiary/aromatic N) is 2. The lowest BCUT2D eigenvalue weighted by Crippen LogP contribution is -2.39. The molecule has 1 unspecified atom stereocenters. The second-order valence-corrected chi connectivity index (χ2v) is 7.16. The molecule has 0 bridgehead atoms. The predicted molar refractivity (Wildman–Crippen MR) is 98.3 cm³/mol. The molecule has 8 heteroatoms. The van der Waals surface area contributed by atoms with Crippen molar-refractivity contribution in [2.75, 3.05) is 18.4 Å². The Balaban J connectivity index is 1.74. The third-order valence-electron chi connectivity index (χ3n) is 4.50. The lowest BCUT2D eigenvalue weighted by molar-refractivity contribution is -0.137. The van der Waals surface area contributed by atoms with Crippen molar-refractivity contribution in [3.63, 3.8) is 0 Å². The highest BCUT2D eigenvalue weighted by atomic mass is 35.5. The normalized spacial score (nSPS) is 17.7. The molecule has 0 saturated carbocycles. The zero-order valence-electron chi connectivity index (χ0n) is 14.7. The molecule has 1 fully saturated rings.